The van der Waals surface area contributed by atoms with E-state index in [1.807, 2.05) is 31.2 Å². The molecule has 0 amide bonds. The zero-order chi connectivity index (χ0) is 12.1. The molecule has 0 saturated heterocycles. The molecule has 2 aromatic rings. The van der Waals surface area contributed by atoms with Crippen LogP contribution >= 0.6 is 11.8 Å². The zero-order valence-electron chi connectivity index (χ0n) is 10.1. The molecular weight excluding hydrogens is 228 g/mol. The SMILES string of the molecule is CCOc1ccc(-c2[c]cccc2SC)cc1. The second-order valence-corrected chi connectivity index (χ2v) is 4.42. The average molecular weight is 243 g/mol. The third-order valence-electron chi connectivity index (χ3n) is 2.49. The average Bonchev–Trinajstić information content (AvgIpc) is 2.40. The predicted octanol–water partition coefficient (Wildman–Crippen LogP) is 4.27. The second-order valence-electron chi connectivity index (χ2n) is 3.57. The summed E-state index contributed by atoms with van der Waals surface area (Å²) >= 11 is 1.74. The number of hydrogen-bond acceptors (Lipinski definition) is 2. The molecule has 87 valence electrons. The van der Waals surface area contributed by atoms with E-state index in [-0.39, 0.29) is 0 Å². The van der Waals surface area contributed by atoms with E-state index in [9.17, 15) is 0 Å². The van der Waals surface area contributed by atoms with E-state index < -0.39 is 0 Å². The molecule has 2 rings (SSSR count). The highest BCUT2D eigenvalue weighted by Crippen LogP contribution is 2.30. The number of rotatable bonds is 4. The molecule has 0 bridgehead atoms. The van der Waals surface area contributed by atoms with Gasteiger partial charge in [-0.3, -0.25) is 0 Å². The van der Waals surface area contributed by atoms with Crippen LogP contribution in [-0.4, -0.2) is 12.9 Å². The van der Waals surface area contributed by atoms with Crippen LogP contribution in [0.15, 0.2) is 47.4 Å². The third-order valence-corrected chi connectivity index (χ3v) is 3.27. The van der Waals surface area contributed by atoms with Gasteiger partial charge in [0.15, 0.2) is 0 Å². The molecule has 0 aliphatic carbocycles. The Labute approximate surface area is 107 Å². The van der Waals surface area contributed by atoms with Crippen LogP contribution in [0.25, 0.3) is 11.1 Å². The maximum Gasteiger partial charge on any atom is 0.119 e. The van der Waals surface area contributed by atoms with Crippen molar-refractivity contribution >= 4 is 11.8 Å². The van der Waals surface area contributed by atoms with Gasteiger partial charge in [-0.1, -0.05) is 24.3 Å². The number of hydrogen-bond donors (Lipinski definition) is 0. The fourth-order valence-electron chi connectivity index (χ4n) is 1.70. The molecule has 0 aliphatic heterocycles. The molecule has 0 saturated carbocycles. The molecule has 0 aromatic heterocycles. The molecular formula is C15H15OS. The third kappa shape index (κ3) is 2.83. The van der Waals surface area contributed by atoms with Crippen molar-refractivity contribution in [2.45, 2.75) is 11.8 Å². The van der Waals surface area contributed by atoms with E-state index in [0.29, 0.717) is 6.61 Å². The first kappa shape index (κ1) is 12.1. The normalized spacial score (nSPS) is 10.2. The van der Waals surface area contributed by atoms with Crippen LogP contribution in [0.4, 0.5) is 0 Å². The predicted molar refractivity (Wildman–Crippen MR) is 73.7 cm³/mol. The Morgan fingerprint density at radius 2 is 1.94 bits per heavy atom. The van der Waals surface area contributed by atoms with E-state index >= 15 is 0 Å². The minimum Gasteiger partial charge on any atom is -0.494 e. The summed E-state index contributed by atoms with van der Waals surface area (Å²) in [6.45, 7) is 2.69. The minimum atomic E-state index is 0.701. The highest BCUT2D eigenvalue weighted by atomic mass is 32.2. The lowest BCUT2D eigenvalue weighted by molar-refractivity contribution is 0.340. The summed E-state index contributed by atoms with van der Waals surface area (Å²) in [5, 5.41) is 0. The maximum absolute atomic E-state index is 5.44. The molecule has 0 fully saturated rings. The Bertz CT molecular complexity index is 477. The van der Waals surface area contributed by atoms with Gasteiger partial charge in [0, 0.05) is 10.5 Å². The molecule has 2 heteroatoms. The van der Waals surface area contributed by atoms with Crippen LogP contribution in [0.5, 0.6) is 5.75 Å². The van der Waals surface area contributed by atoms with Crippen LogP contribution in [0.1, 0.15) is 6.92 Å². The highest BCUT2D eigenvalue weighted by molar-refractivity contribution is 7.98. The summed E-state index contributed by atoms with van der Waals surface area (Å²) in [5.41, 5.74) is 2.33. The quantitative estimate of drug-likeness (QED) is 0.741. The molecule has 0 heterocycles. The van der Waals surface area contributed by atoms with E-state index in [4.69, 9.17) is 4.74 Å². The zero-order valence-corrected chi connectivity index (χ0v) is 10.9. The first-order chi connectivity index (χ1) is 8.35. The smallest absolute Gasteiger partial charge is 0.119 e. The summed E-state index contributed by atoms with van der Waals surface area (Å²) in [7, 11) is 0. The number of benzene rings is 2. The van der Waals surface area contributed by atoms with Crippen molar-refractivity contribution < 1.29 is 4.74 Å². The topological polar surface area (TPSA) is 9.23 Å². The van der Waals surface area contributed by atoms with Gasteiger partial charge in [0.25, 0.3) is 0 Å². The van der Waals surface area contributed by atoms with Gasteiger partial charge in [0.05, 0.1) is 6.61 Å². The van der Waals surface area contributed by atoms with Crippen LogP contribution in [0, 0.1) is 6.07 Å². The Hall–Kier alpha value is -1.41. The lowest BCUT2D eigenvalue weighted by Crippen LogP contribution is -1.90. The van der Waals surface area contributed by atoms with E-state index in [2.05, 4.69) is 30.5 Å². The van der Waals surface area contributed by atoms with Gasteiger partial charge in [0.1, 0.15) is 5.75 Å². The summed E-state index contributed by atoms with van der Waals surface area (Å²) < 4.78 is 5.44. The molecule has 1 nitrogen and oxygen atoms in total. The Balaban J connectivity index is 2.33. The molecule has 0 N–H and O–H groups in total. The largest absolute Gasteiger partial charge is 0.494 e. The second kappa shape index (κ2) is 5.78. The fraction of sp³-hybridized carbons (Fsp3) is 0.200. The van der Waals surface area contributed by atoms with Gasteiger partial charge >= 0.3 is 0 Å². The van der Waals surface area contributed by atoms with Crippen LogP contribution in [0.3, 0.4) is 0 Å². The lowest BCUT2D eigenvalue weighted by Gasteiger charge is -2.08. The van der Waals surface area contributed by atoms with Crippen molar-refractivity contribution in [2.75, 3.05) is 12.9 Å². The lowest BCUT2D eigenvalue weighted by atomic mass is 10.1. The Morgan fingerprint density at radius 1 is 1.18 bits per heavy atom. The standard InChI is InChI=1S/C15H15OS/c1-3-16-13-10-8-12(9-11-13)14-6-4-5-7-15(14)17-2/h4-5,7-11H,3H2,1-2H3. The molecule has 1 radical (unpaired) electrons. The highest BCUT2D eigenvalue weighted by Gasteiger charge is 2.03. The Morgan fingerprint density at radius 3 is 2.59 bits per heavy atom. The summed E-state index contributed by atoms with van der Waals surface area (Å²) in [5.74, 6) is 0.915. The summed E-state index contributed by atoms with van der Waals surface area (Å²) in [4.78, 5) is 1.25. The molecule has 0 unspecified atom stereocenters. The van der Waals surface area contributed by atoms with Gasteiger partial charge in [-0.25, -0.2) is 0 Å². The molecule has 0 aliphatic rings. The van der Waals surface area contributed by atoms with Gasteiger partial charge in [-0.2, -0.15) is 0 Å². The van der Waals surface area contributed by atoms with Crippen molar-refractivity contribution in [3.63, 3.8) is 0 Å². The van der Waals surface area contributed by atoms with E-state index in [0.717, 1.165) is 11.3 Å². The van der Waals surface area contributed by atoms with Crippen molar-refractivity contribution in [3.05, 3.63) is 48.5 Å². The molecule has 17 heavy (non-hydrogen) atoms. The monoisotopic (exact) mass is 243 g/mol. The first-order valence-electron chi connectivity index (χ1n) is 5.63. The van der Waals surface area contributed by atoms with E-state index in [1.54, 1.807) is 11.8 Å². The molecule has 0 atom stereocenters. The van der Waals surface area contributed by atoms with E-state index in [1.165, 1.54) is 10.5 Å². The van der Waals surface area contributed by atoms with Crippen molar-refractivity contribution in [1.82, 2.24) is 0 Å². The van der Waals surface area contributed by atoms with Crippen LogP contribution < -0.4 is 4.74 Å². The number of thioether (sulfide) groups is 1. The van der Waals surface area contributed by atoms with Crippen molar-refractivity contribution in [1.29, 1.82) is 0 Å². The summed E-state index contributed by atoms with van der Waals surface area (Å²) in [6, 6.07) is 17.5. The van der Waals surface area contributed by atoms with Gasteiger partial charge in [-0.05, 0) is 43.0 Å². The van der Waals surface area contributed by atoms with Gasteiger partial charge in [-0.15, -0.1) is 11.8 Å². The first-order valence-corrected chi connectivity index (χ1v) is 6.85. The fourth-order valence-corrected chi connectivity index (χ4v) is 2.30. The van der Waals surface area contributed by atoms with Crippen LogP contribution in [0.2, 0.25) is 0 Å². The molecule has 0 spiro atoms. The maximum atomic E-state index is 5.44. The molecule has 2 aromatic carbocycles. The van der Waals surface area contributed by atoms with Gasteiger partial charge < -0.3 is 4.74 Å². The summed E-state index contributed by atoms with van der Waals surface area (Å²) in [6.07, 6.45) is 2.08. The van der Waals surface area contributed by atoms with Crippen molar-refractivity contribution in [3.8, 4) is 16.9 Å². The minimum absolute atomic E-state index is 0.701. The Kier molecular flexibility index (Phi) is 4.10. The van der Waals surface area contributed by atoms with Crippen LogP contribution in [-0.2, 0) is 0 Å². The number of ether oxygens (including phenoxy) is 1. The van der Waals surface area contributed by atoms with Crippen molar-refractivity contribution in [2.24, 2.45) is 0 Å². The van der Waals surface area contributed by atoms with Gasteiger partial charge in [0.2, 0.25) is 0 Å².